The summed E-state index contributed by atoms with van der Waals surface area (Å²) in [5, 5.41) is 0. The number of hydrogen-bond acceptors (Lipinski definition) is 2. The van der Waals surface area contributed by atoms with Crippen molar-refractivity contribution in [2.45, 2.75) is 32.1 Å². The molecule has 0 aromatic heterocycles. The summed E-state index contributed by atoms with van der Waals surface area (Å²) in [7, 11) is 0. The van der Waals surface area contributed by atoms with Gasteiger partial charge in [-0.1, -0.05) is 30.3 Å². The molecular formula is C19H24FNO. The summed E-state index contributed by atoms with van der Waals surface area (Å²) >= 11 is 0. The molecule has 0 saturated carbocycles. The minimum atomic E-state index is -0.203. The number of nitrogens with two attached hydrogens (primary N) is 1. The monoisotopic (exact) mass is 301 g/mol. The van der Waals surface area contributed by atoms with E-state index in [2.05, 4.69) is 0 Å². The van der Waals surface area contributed by atoms with Crippen LogP contribution in [0.1, 0.15) is 36.3 Å². The Balaban J connectivity index is 1.73. The SMILES string of the molecule is Cc1ccccc1OCCCCC(CN)c1ccc(F)cc1. The van der Waals surface area contributed by atoms with E-state index in [9.17, 15) is 4.39 Å². The maximum atomic E-state index is 13.0. The van der Waals surface area contributed by atoms with Gasteiger partial charge in [-0.15, -0.1) is 0 Å². The molecule has 0 heterocycles. The fourth-order valence-electron chi connectivity index (χ4n) is 2.55. The van der Waals surface area contributed by atoms with Gasteiger partial charge in [0.2, 0.25) is 0 Å². The molecule has 0 aliphatic rings. The fraction of sp³-hybridized carbons (Fsp3) is 0.368. The van der Waals surface area contributed by atoms with Crippen molar-refractivity contribution in [3.8, 4) is 5.75 Å². The van der Waals surface area contributed by atoms with Crippen LogP contribution in [-0.2, 0) is 0 Å². The average molecular weight is 301 g/mol. The lowest BCUT2D eigenvalue weighted by atomic mass is 9.94. The summed E-state index contributed by atoms with van der Waals surface area (Å²) in [5.74, 6) is 1.04. The lowest BCUT2D eigenvalue weighted by Gasteiger charge is -2.15. The zero-order valence-electron chi connectivity index (χ0n) is 13.1. The minimum Gasteiger partial charge on any atom is -0.493 e. The summed E-state index contributed by atoms with van der Waals surface area (Å²) in [6, 6.07) is 14.7. The molecule has 0 saturated heterocycles. The molecule has 0 fully saturated rings. The van der Waals surface area contributed by atoms with Crippen molar-refractivity contribution >= 4 is 0 Å². The van der Waals surface area contributed by atoms with Gasteiger partial charge in [-0.05, 0) is 68.0 Å². The highest BCUT2D eigenvalue weighted by molar-refractivity contribution is 5.31. The number of ether oxygens (including phenoxy) is 1. The Kier molecular flexibility index (Phi) is 6.41. The van der Waals surface area contributed by atoms with Gasteiger partial charge in [0.25, 0.3) is 0 Å². The van der Waals surface area contributed by atoms with E-state index in [1.165, 1.54) is 12.1 Å². The molecule has 2 rings (SSSR count). The first-order chi connectivity index (χ1) is 10.7. The summed E-state index contributed by atoms with van der Waals surface area (Å²) in [4.78, 5) is 0. The second kappa shape index (κ2) is 8.54. The van der Waals surface area contributed by atoms with Gasteiger partial charge >= 0.3 is 0 Å². The van der Waals surface area contributed by atoms with Crippen LogP contribution >= 0.6 is 0 Å². The van der Waals surface area contributed by atoms with E-state index < -0.39 is 0 Å². The zero-order valence-corrected chi connectivity index (χ0v) is 13.1. The Hall–Kier alpha value is -1.87. The van der Waals surface area contributed by atoms with E-state index in [0.717, 1.165) is 36.1 Å². The number of benzene rings is 2. The standard InChI is InChI=1S/C19H24FNO/c1-15-6-2-3-8-19(15)22-13-5-4-7-17(14-21)16-9-11-18(20)12-10-16/h2-3,6,8-12,17H,4-5,7,13-14,21H2,1H3. The molecule has 2 aromatic carbocycles. The van der Waals surface area contributed by atoms with Crippen molar-refractivity contribution in [1.29, 1.82) is 0 Å². The van der Waals surface area contributed by atoms with Gasteiger partial charge in [0.1, 0.15) is 11.6 Å². The van der Waals surface area contributed by atoms with Gasteiger partial charge in [0.05, 0.1) is 6.61 Å². The number of aryl methyl sites for hydroxylation is 1. The molecule has 1 unspecified atom stereocenters. The van der Waals surface area contributed by atoms with Crippen molar-refractivity contribution in [2.24, 2.45) is 5.73 Å². The Morgan fingerprint density at radius 3 is 2.45 bits per heavy atom. The Bertz CT molecular complexity index is 568. The van der Waals surface area contributed by atoms with E-state index in [-0.39, 0.29) is 5.82 Å². The third kappa shape index (κ3) is 4.85. The minimum absolute atomic E-state index is 0.203. The number of rotatable bonds is 8. The maximum Gasteiger partial charge on any atom is 0.123 e. The van der Waals surface area contributed by atoms with Gasteiger partial charge in [-0.2, -0.15) is 0 Å². The molecule has 118 valence electrons. The van der Waals surface area contributed by atoms with Crippen molar-refractivity contribution < 1.29 is 9.13 Å². The van der Waals surface area contributed by atoms with E-state index in [4.69, 9.17) is 10.5 Å². The van der Waals surface area contributed by atoms with E-state index in [0.29, 0.717) is 19.1 Å². The first-order valence-electron chi connectivity index (χ1n) is 7.84. The fourth-order valence-corrected chi connectivity index (χ4v) is 2.55. The van der Waals surface area contributed by atoms with Gasteiger partial charge in [0, 0.05) is 0 Å². The first kappa shape index (κ1) is 16.5. The summed E-state index contributed by atoms with van der Waals surface area (Å²) < 4.78 is 18.7. The second-order valence-corrected chi connectivity index (χ2v) is 5.59. The molecule has 0 bridgehead atoms. The van der Waals surface area contributed by atoms with Gasteiger partial charge in [-0.25, -0.2) is 4.39 Å². The van der Waals surface area contributed by atoms with Crippen LogP contribution in [0.15, 0.2) is 48.5 Å². The zero-order chi connectivity index (χ0) is 15.8. The highest BCUT2D eigenvalue weighted by Crippen LogP contribution is 2.22. The van der Waals surface area contributed by atoms with Crippen molar-refractivity contribution in [3.63, 3.8) is 0 Å². The van der Waals surface area contributed by atoms with E-state index in [1.807, 2.05) is 43.3 Å². The maximum absolute atomic E-state index is 13.0. The van der Waals surface area contributed by atoms with Crippen LogP contribution in [0.25, 0.3) is 0 Å². The molecule has 0 aliphatic heterocycles. The van der Waals surface area contributed by atoms with Crippen LogP contribution in [-0.4, -0.2) is 13.2 Å². The number of para-hydroxylation sites is 1. The molecule has 3 heteroatoms. The average Bonchev–Trinajstić information content (AvgIpc) is 2.54. The molecule has 0 spiro atoms. The summed E-state index contributed by atoms with van der Waals surface area (Å²) in [5.41, 5.74) is 8.12. The smallest absolute Gasteiger partial charge is 0.123 e. The molecule has 1 atom stereocenters. The molecule has 0 radical (unpaired) electrons. The number of halogens is 1. The first-order valence-corrected chi connectivity index (χ1v) is 7.84. The summed E-state index contributed by atoms with van der Waals surface area (Å²) in [6.07, 6.45) is 3.04. The van der Waals surface area contributed by atoms with Crippen LogP contribution in [0.5, 0.6) is 5.75 Å². The molecular weight excluding hydrogens is 277 g/mol. The highest BCUT2D eigenvalue weighted by atomic mass is 19.1. The predicted molar refractivity (Wildman–Crippen MR) is 88.7 cm³/mol. The Morgan fingerprint density at radius 1 is 1.05 bits per heavy atom. The van der Waals surface area contributed by atoms with Gasteiger partial charge < -0.3 is 10.5 Å². The third-order valence-electron chi connectivity index (χ3n) is 3.92. The van der Waals surface area contributed by atoms with Gasteiger partial charge in [0.15, 0.2) is 0 Å². The second-order valence-electron chi connectivity index (χ2n) is 5.59. The van der Waals surface area contributed by atoms with Crippen LogP contribution in [0.2, 0.25) is 0 Å². The summed E-state index contributed by atoms with van der Waals surface area (Å²) in [6.45, 7) is 3.35. The number of unbranched alkanes of at least 4 members (excludes halogenated alkanes) is 1. The number of hydrogen-bond donors (Lipinski definition) is 1. The third-order valence-corrected chi connectivity index (χ3v) is 3.92. The van der Waals surface area contributed by atoms with Crippen molar-refractivity contribution in [1.82, 2.24) is 0 Å². The lowest BCUT2D eigenvalue weighted by Crippen LogP contribution is -2.13. The van der Waals surface area contributed by atoms with Gasteiger partial charge in [-0.3, -0.25) is 0 Å². The predicted octanol–water partition coefficient (Wildman–Crippen LogP) is 4.43. The molecule has 0 amide bonds. The molecule has 2 N–H and O–H groups in total. The molecule has 2 nitrogen and oxygen atoms in total. The quantitative estimate of drug-likeness (QED) is 0.732. The van der Waals surface area contributed by atoms with Crippen molar-refractivity contribution in [3.05, 3.63) is 65.5 Å². The Labute approximate surface area is 132 Å². The Morgan fingerprint density at radius 2 is 1.77 bits per heavy atom. The van der Waals surface area contributed by atoms with Crippen LogP contribution in [0.4, 0.5) is 4.39 Å². The molecule has 0 aliphatic carbocycles. The van der Waals surface area contributed by atoms with Crippen LogP contribution in [0, 0.1) is 12.7 Å². The van der Waals surface area contributed by atoms with Crippen LogP contribution in [0.3, 0.4) is 0 Å². The molecule has 2 aromatic rings. The van der Waals surface area contributed by atoms with E-state index >= 15 is 0 Å². The van der Waals surface area contributed by atoms with E-state index in [1.54, 1.807) is 0 Å². The topological polar surface area (TPSA) is 35.2 Å². The largest absolute Gasteiger partial charge is 0.493 e. The normalized spacial score (nSPS) is 12.1. The molecule has 22 heavy (non-hydrogen) atoms. The van der Waals surface area contributed by atoms with Crippen LogP contribution < -0.4 is 10.5 Å². The highest BCUT2D eigenvalue weighted by Gasteiger charge is 2.09. The van der Waals surface area contributed by atoms with Crippen molar-refractivity contribution in [2.75, 3.05) is 13.2 Å². The lowest BCUT2D eigenvalue weighted by molar-refractivity contribution is 0.301.